The standard InChI is InChI=1S/C104H61BN2OS/c1-3-24-62(25-4-1)69-36-23-37-70(63-26-5-2-6-27-63)101(69)107-94-61-68(106-92-43-20-12-33-76(92)77-34-13-21-44-93(77)106)49-53-90(94)105-91-54-52-89-99(102(91)109-98-60-67(59-95(107)100(98)105)66-48-55-97-80(57-66)78-35-14-22-45-96(78)108-97)81-58-65(47-51-88(81)104(89)84-40-17-9-30-73(84)74-31-10-18-41-85(74)104)64-46-50-87-79(56-64)75-32-11-19-42-86(75)103(87)82-38-15-7-28-71(82)72-29-8-16-39-83(72)103/h1-61H/i12D,13D,20D,21D,33D,34D,43D,44D. The van der Waals surface area contributed by atoms with Gasteiger partial charge in [-0.3, -0.25) is 0 Å². The maximum absolute atomic E-state index is 9.87. The zero-order valence-corrected chi connectivity index (χ0v) is 59.2. The van der Waals surface area contributed by atoms with Gasteiger partial charge in [0.2, 0.25) is 6.71 Å². The molecule has 0 bridgehead atoms. The molecule has 502 valence electrons. The second-order valence-corrected chi connectivity index (χ2v) is 30.8. The Hall–Kier alpha value is -13.4. The van der Waals surface area contributed by atoms with Gasteiger partial charge in [0, 0.05) is 65.1 Å². The summed E-state index contributed by atoms with van der Waals surface area (Å²) in [5, 5.41) is 2.03. The molecule has 0 fully saturated rings. The summed E-state index contributed by atoms with van der Waals surface area (Å²) < 4.78 is 84.0. The van der Waals surface area contributed by atoms with Gasteiger partial charge >= 0.3 is 0 Å². The van der Waals surface area contributed by atoms with Crippen LogP contribution in [0.4, 0.5) is 17.1 Å². The number of rotatable bonds is 6. The minimum Gasteiger partial charge on any atom is -0.456 e. The first-order chi connectivity index (χ1) is 57.4. The Morgan fingerprint density at radius 1 is 0.312 bits per heavy atom. The van der Waals surface area contributed by atoms with Gasteiger partial charge < -0.3 is 13.9 Å². The van der Waals surface area contributed by atoms with Gasteiger partial charge in [0.25, 0.3) is 0 Å². The van der Waals surface area contributed by atoms with E-state index in [1.54, 1.807) is 4.57 Å². The fourth-order valence-corrected chi connectivity index (χ4v) is 21.9. The Labute approximate surface area is 646 Å². The van der Waals surface area contributed by atoms with Crippen molar-refractivity contribution in [2.75, 3.05) is 4.90 Å². The molecule has 0 saturated carbocycles. The number of fused-ring (bicyclic) bond motifs is 31. The van der Waals surface area contributed by atoms with E-state index >= 15 is 0 Å². The highest BCUT2D eigenvalue weighted by Crippen LogP contribution is 2.67. The third kappa shape index (κ3) is 7.83. The van der Waals surface area contributed by atoms with Crippen molar-refractivity contribution in [3.63, 3.8) is 0 Å². The second-order valence-electron chi connectivity index (χ2n) is 29.7. The third-order valence-electron chi connectivity index (χ3n) is 24.7. The molecule has 2 spiro atoms. The zero-order valence-electron chi connectivity index (χ0n) is 66.4. The quantitative estimate of drug-likeness (QED) is 0.155. The maximum atomic E-state index is 9.87. The molecule has 4 heterocycles. The summed E-state index contributed by atoms with van der Waals surface area (Å²) >= 11 is 1.85. The van der Waals surface area contributed by atoms with E-state index in [1.165, 1.54) is 83.5 Å². The topological polar surface area (TPSA) is 21.3 Å². The molecule has 0 saturated heterocycles. The summed E-state index contributed by atoms with van der Waals surface area (Å²) in [7, 11) is 0. The Morgan fingerprint density at radius 2 is 0.780 bits per heavy atom. The zero-order chi connectivity index (χ0) is 77.9. The molecule has 17 aromatic carbocycles. The van der Waals surface area contributed by atoms with Crippen LogP contribution in [0.25, 0.3) is 138 Å². The summed E-state index contributed by atoms with van der Waals surface area (Å²) in [6.45, 7) is -0.454. The Kier molecular flexibility index (Phi) is 10.6. The smallest absolute Gasteiger partial charge is 0.249 e. The van der Waals surface area contributed by atoms with Crippen molar-refractivity contribution >= 4 is 95.7 Å². The number of hydrogen-bond donors (Lipinski definition) is 0. The normalized spacial score (nSPS) is 15.2. The van der Waals surface area contributed by atoms with E-state index < -0.39 is 53.8 Å². The molecule has 2 aromatic heterocycles. The highest BCUT2D eigenvalue weighted by atomic mass is 32.2. The van der Waals surface area contributed by atoms with Crippen molar-refractivity contribution in [1.29, 1.82) is 0 Å². The lowest BCUT2D eigenvalue weighted by atomic mass is 9.34. The van der Waals surface area contributed by atoms with Crippen LogP contribution in [0.5, 0.6) is 0 Å². The average molecular weight is 1410 g/mol. The second kappa shape index (κ2) is 22.1. The van der Waals surface area contributed by atoms with E-state index in [-0.39, 0.29) is 33.9 Å². The van der Waals surface area contributed by atoms with Crippen LogP contribution in [0.3, 0.4) is 0 Å². The number of para-hydroxylation sites is 4. The molecule has 0 N–H and O–H groups in total. The Balaban J connectivity index is 0.792. The van der Waals surface area contributed by atoms with Gasteiger partial charge in [-0.15, -0.1) is 0 Å². The Morgan fingerprint density at radius 3 is 1.39 bits per heavy atom. The predicted octanol–water partition coefficient (Wildman–Crippen LogP) is 24.8. The van der Waals surface area contributed by atoms with Gasteiger partial charge in [0.1, 0.15) is 11.2 Å². The van der Waals surface area contributed by atoms with Crippen LogP contribution in [-0.2, 0) is 10.8 Å². The van der Waals surface area contributed by atoms with Crippen LogP contribution in [0.2, 0.25) is 0 Å². The fraction of sp³-hybridized carbons (Fsp3) is 0.0192. The molecule has 3 nitrogen and oxygen atoms in total. The molecule has 6 aliphatic rings. The number of benzene rings is 17. The lowest BCUT2D eigenvalue weighted by Crippen LogP contribution is -2.60. The molecule has 0 atom stereocenters. The van der Waals surface area contributed by atoms with Crippen molar-refractivity contribution in [3.05, 3.63) is 414 Å². The van der Waals surface area contributed by atoms with Crippen LogP contribution >= 0.6 is 11.8 Å². The van der Waals surface area contributed by atoms with E-state index in [4.69, 9.17) is 7.16 Å². The lowest BCUT2D eigenvalue weighted by Gasteiger charge is -2.42. The van der Waals surface area contributed by atoms with E-state index in [2.05, 4.69) is 296 Å². The number of nitrogens with zero attached hydrogens (tertiary/aromatic N) is 2. The van der Waals surface area contributed by atoms with Gasteiger partial charge in [-0.2, -0.15) is 0 Å². The summed E-state index contributed by atoms with van der Waals surface area (Å²) in [6.07, 6.45) is 0. The highest BCUT2D eigenvalue weighted by Gasteiger charge is 2.55. The van der Waals surface area contributed by atoms with Crippen LogP contribution in [0, 0.1) is 0 Å². The van der Waals surface area contributed by atoms with Crippen molar-refractivity contribution in [3.8, 4) is 94.7 Å². The summed E-state index contributed by atoms with van der Waals surface area (Å²) in [6, 6.07) is 114. The molecule has 2 aliphatic heterocycles. The highest BCUT2D eigenvalue weighted by molar-refractivity contribution is 8.00. The lowest BCUT2D eigenvalue weighted by molar-refractivity contribution is 0.669. The van der Waals surface area contributed by atoms with E-state index in [9.17, 15) is 8.22 Å². The van der Waals surface area contributed by atoms with Crippen LogP contribution in [-0.4, -0.2) is 11.3 Å². The SMILES string of the molecule is [2H]c1c([2H])c([2H])c2c(c1[2H])c1c([2H])c([2H])c([2H])c([2H])c1n2-c1ccc2c(c1)N(c1c(-c3ccccc3)cccc1-c1ccccc1)c1cc(-c3ccc4oc5ccccc5c4c3)cc3c1B2c1ccc2c(c1S3)-c1cc(-c3ccc4c(c3)-c3ccccc3C43c4ccccc4-c4ccccc43)ccc1C21c2ccccc2-c2ccccc21. The average Bonchev–Trinajstić information content (AvgIpc) is 1.52. The van der Waals surface area contributed by atoms with Gasteiger partial charge in [-0.1, -0.05) is 320 Å². The molecule has 4 aliphatic carbocycles. The monoisotopic (exact) mass is 1400 g/mol. The van der Waals surface area contributed by atoms with Gasteiger partial charge in [-0.25, -0.2) is 0 Å². The molecule has 109 heavy (non-hydrogen) atoms. The molecule has 0 unspecified atom stereocenters. The van der Waals surface area contributed by atoms with E-state index in [0.29, 0.717) is 5.69 Å². The van der Waals surface area contributed by atoms with Gasteiger partial charge in [0.15, 0.2) is 0 Å². The van der Waals surface area contributed by atoms with E-state index in [0.717, 1.165) is 115 Å². The number of aromatic nitrogens is 1. The summed E-state index contributed by atoms with van der Waals surface area (Å²) in [4.78, 5) is 4.64. The fourth-order valence-electron chi connectivity index (χ4n) is 20.5. The number of hydrogen-bond acceptors (Lipinski definition) is 3. The molecular weight excluding hydrogens is 1340 g/mol. The number of anilines is 3. The van der Waals surface area contributed by atoms with Crippen LogP contribution < -0.4 is 21.3 Å². The maximum Gasteiger partial charge on any atom is 0.249 e. The molecular formula is C104H61BN2OS. The first-order valence-corrected chi connectivity index (χ1v) is 38.1. The minimum absolute atomic E-state index is 0.0115. The van der Waals surface area contributed by atoms with Crippen molar-refractivity contribution in [1.82, 2.24) is 4.57 Å². The van der Waals surface area contributed by atoms with Crippen LogP contribution in [0.1, 0.15) is 55.5 Å². The molecule has 19 aromatic rings. The molecule has 25 rings (SSSR count). The van der Waals surface area contributed by atoms with Crippen LogP contribution in [0.15, 0.2) is 384 Å². The summed E-state index contributed by atoms with van der Waals surface area (Å²) in [5.74, 6) is 0. The first-order valence-electron chi connectivity index (χ1n) is 41.3. The Bertz CT molecular complexity index is 7540. The van der Waals surface area contributed by atoms with E-state index in [1.807, 2.05) is 42.1 Å². The van der Waals surface area contributed by atoms with Gasteiger partial charge in [-0.05, 0) is 194 Å². The van der Waals surface area contributed by atoms with Crippen molar-refractivity contribution in [2.24, 2.45) is 0 Å². The largest absolute Gasteiger partial charge is 0.456 e. The minimum atomic E-state index is -0.730. The molecule has 5 heteroatoms. The van der Waals surface area contributed by atoms with Crippen molar-refractivity contribution < 1.29 is 15.4 Å². The molecule has 0 radical (unpaired) electrons. The molecule has 0 amide bonds. The summed E-state index contributed by atoms with van der Waals surface area (Å²) in [5.41, 5.74) is 34.5. The first kappa shape index (κ1) is 52.5. The van der Waals surface area contributed by atoms with Gasteiger partial charge in [0.05, 0.1) is 38.5 Å². The predicted molar refractivity (Wildman–Crippen MR) is 452 cm³/mol. The third-order valence-corrected chi connectivity index (χ3v) is 25.9. The van der Waals surface area contributed by atoms with Crippen molar-refractivity contribution in [2.45, 2.75) is 20.6 Å². The number of furan rings is 1.